The first kappa shape index (κ1) is 11.6. The highest BCUT2D eigenvalue weighted by molar-refractivity contribution is 5.29. The summed E-state index contributed by atoms with van der Waals surface area (Å²) >= 11 is 0. The summed E-state index contributed by atoms with van der Waals surface area (Å²) in [4.78, 5) is 6.81. The average Bonchev–Trinajstić information content (AvgIpc) is 2.70. The lowest BCUT2D eigenvalue weighted by Crippen LogP contribution is -2.22. The maximum Gasteiger partial charge on any atom is 0.0315 e. The van der Waals surface area contributed by atoms with Gasteiger partial charge >= 0.3 is 0 Å². The number of hydrogen-bond donors (Lipinski definition) is 0. The molecule has 1 aromatic rings. The third-order valence-electron chi connectivity index (χ3n) is 3.30. The first-order valence-electron chi connectivity index (χ1n) is 6.23. The van der Waals surface area contributed by atoms with E-state index in [1.54, 1.807) is 0 Å². The van der Waals surface area contributed by atoms with Crippen LogP contribution in [-0.2, 0) is 12.0 Å². The first-order chi connectivity index (χ1) is 7.57. The Kier molecular flexibility index (Phi) is 3.29. The topological polar surface area (TPSA) is 16.1 Å². The third kappa shape index (κ3) is 2.62. The van der Waals surface area contributed by atoms with Crippen LogP contribution in [0.5, 0.6) is 0 Å². The highest BCUT2D eigenvalue weighted by atomic mass is 15.1. The van der Waals surface area contributed by atoms with Gasteiger partial charge in [0.2, 0.25) is 0 Å². The highest BCUT2D eigenvalue weighted by Crippen LogP contribution is 2.26. The second-order valence-corrected chi connectivity index (χ2v) is 5.77. The van der Waals surface area contributed by atoms with Crippen molar-refractivity contribution in [3.63, 3.8) is 0 Å². The lowest BCUT2D eigenvalue weighted by atomic mass is 9.84. The SMILES string of the molecule is CC(C)(C)c1ccncc1CN1CCCC1. The molecule has 1 fully saturated rings. The Morgan fingerprint density at radius 3 is 2.56 bits per heavy atom. The highest BCUT2D eigenvalue weighted by Gasteiger charge is 2.20. The Hall–Kier alpha value is -0.890. The van der Waals surface area contributed by atoms with Gasteiger partial charge in [0.25, 0.3) is 0 Å². The van der Waals surface area contributed by atoms with E-state index < -0.39 is 0 Å². The Labute approximate surface area is 98.7 Å². The van der Waals surface area contributed by atoms with E-state index in [1.165, 1.54) is 37.1 Å². The van der Waals surface area contributed by atoms with Gasteiger partial charge in [0, 0.05) is 18.9 Å². The predicted molar refractivity (Wildman–Crippen MR) is 67.4 cm³/mol. The van der Waals surface area contributed by atoms with E-state index in [9.17, 15) is 0 Å². The van der Waals surface area contributed by atoms with Crippen LogP contribution in [0.2, 0.25) is 0 Å². The Balaban J connectivity index is 2.19. The summed E-state index contributed by atoms with van der Waals surface area (Å²) in [7, 11) is 0. The van der Waals surface area contributed by atoms with Crippen molar-refractivity contribution < 1.29 is 0 Å². The smallest absolute Gasteiger partial charge is 0.0315 e. The van der Waals surface area contributed by atoms with Crippen LogP contribution in [0.4, 0.5) is 0 Å². The average molecular weight is 218 g/mol. The van der Waals surface area contributed by atoms with Gasteiger partial charge in [-0.25, -0.2) is 0 Å². The summed E-state index contributed by atoms with van der Waals surface area (Å²) in [5.41, 5.74) is 3.06. The molecule has 2 rings (SSSR count). The minimum absolute atomic E-state index is 0.220. The van der Waals surface area contributed by atoms with Crippen molar-refractivity contribution in [3.8, 4) is 0 Å². The van der Waals surface area contributed by atoms with Crippen molar-refractivity contribution in [2.45, 2.75) is 45.6 Å². The zero-order valence-electron chi connectivity index (χ0n) is 10.7. The molecule has 88 valence electrons. The molecule has 1 aliphatic rings. The molecule has 0 spiro atoms. The number of likely N-dealkylation sites (tertiary alicyclic amines) is 1. The van der Waals surface area contributed by atoms with E-state index in [1.807, 2.05) is 12.4 Å². The molecule has 0 amide bonds. The van der Waals surface area contributed by atoms with Crippen LogP contribution in [0, 0.1) is 0 Å². The molecule has 2 heteroatoms. The standard InChI is InChI=1S/C14H22N2/c1-14(2,3)13-6-7-15-10-12(13)11-16-8-4-5-9-16/h6-7,10H,4-5,8-9,11H2,1-3H3. The fraction of sp³-hybridized carbons (Fsp3) is 0.643. The van der Waals surface area contributed by atoms with Gasteiger partial charge in [0.1, 0.15) is 0 Å². The maximum absolute atomic E-state index is 4.27. The molecule has 1 aliphatic heterocycles. The van der Waals surface area contributed by atoms with Gasteiger partial charge in [0.15, 0.2) is 0 Å². The Morgan fingerprint density at radius 1 is 1.25 bits per heavy atom. The summed E-state index contributed by atoms with van der Waals surface area (Å²) < 4.78 is 0. The molecule has 2 nitrogen and oxygen atoms in total. The summed E-state index contributed by atoms with van der Waals surface area (Å²) in [5.74, 6) is 0. The van der Waals surface area contributed by atoms with E-state index in [2.05, 4.69) is 36.7 Å². The largest absolute Gasteiger partial charge is 0.299 e. The van der Waals surface area contributed by atoms with Gasteiger partial charge in [0.05, 0.1) is 0 Å². The van der Waals surface area contributed by atoms with E-state index in [0.717, 1.165) is 6.54 Å². The zero-order chi connectivity index (χ0) is 11.6. The molecule has 0 bridgehead atoms. The summed E-state index contributed by atoms with van der Waals surface area (Å²) in [6, 6.07) is 2.17. The Bertz CT molecular complexity index is 346. The number of hydrogen-bond acceptors (Lipinski definition) is 2. The van der Waals surface area contributed by atoms with Crippen LogP contribution >= 0.6 is 0 Å². The van der Waals surface area contributed by atoms with Gasteiger partial charge in [-0.2, -0.15) is 0 Å². The first-order valence-corrected chi connectivity index (χ1v) is 6.23. The fourth-order valence-electron chi connectivity index (χ4n) is 2.47. The molecule has 16 heavy (non-hydrogen) atoms. The normalized spacial score (nSPS) is 17.9. The zero-order valence-corrected chi connectivity index (χ0v) is 10.7. The molecular formula is C14H22N2. The lowest BCUT2D eigenvalue weighted by molar-refractivity contribution is 0.327. The van der Waals surface area contributed by atoms with Crippen LogP contribution in [-0.4, -0.2) is 23.0 Å². The van der Waals surface area contributed by atoms with Gasteiger partial charge in [-0.05, 0) is 48.5 Å². The molecular weight excluding hydrogens is 196 g/mol. The molecule has 1 aromatic heterocycles. The predicted octanol–water partition coefficient (Wildman–Crippen LogP) is 2.97. The molecule has 0 saturated carbocycles. The van der Waals surface area contributed by atoms with E-state index in [-0.39, 0.29) is 5.41 Å². The van der Waals surface area contributed by atoms with Crippen LogP contribution in [0.3, 0.4) is 0 Å². The van der Waals surface area contributed by atoms with Crippen molar-refractivity contribution >= 4 is 0 Å². The van der Waals surface area contributed by atoms with Crippen molar-refractivity contribution in [2.24, 2.45) is 0 Å². The number of rotatable bonds is 2. The summed E-state index contributed by atoms with van der Waals surface area (Å²) in [6.07, 6.45) is 6.66. The van der Waals surface area contributed by atoms with Crippen LogP contribution in [0.25, 0.3) is 0 Å². The van der Waals surface area contributed by atoms with E-state index in [0.29, 0.717) is 0 Å². The number of nitrogens with zero attached hydrogens (tertiary/aromatic N) is 2. The molecule has 0 aromatic carbocycles. The fourth-order valence-corrected chi connectivity index (χ4v) is 2.47. The molecule has 0 aliphatic carbocycles. The second-order valence-electron chi connectivity index (χ2n) is 5.77. The van der Waals surface area contributed by atoms with Crippen molar-refractivity contribution in [3.05, 3.63) is 29.6 Å². The van der Waals surface area contributed by atoms with Gasteiger partial charge < -0.3 is 0 Å². The van der Waals surface area contributed by atoms with Gasteiger partial charge in [-0.3, -0.25) is 9.88 Å². The minimum Gasteiger partial charge on any atom is -0.299 e. The quantitative estimate of drug-likeness (QED) is 0.758. The summed E-state index contributed by atoms with van der Waals surface area (Å²) in [6.45, 7) is 10.4. The summed E-state index contributed by atoms with van der Waals surface area (Å²) in [5, 5.41) is 0. The van der Waals surface area contributed by atoms with Crippen molar-refractivity contribution in [2.75, 3.05) is 13.1 Å². The van der Waals surface area contributed by atoms with Crippen LogP contribution in [0.15, 0.2) is 18.5 Å². The molecule has 1 saturated heterocycles. The molecule has 0 unspecified atom stereocenters. The maximum atomic E-state index is 4.27. The van der Waals surface area contributed by atoms with E-state index >= 15 is 0 Å². The number of aromatic nitrogens is 1. The third-order valence-corrected chi connectivity index (χ3v) is 3.30. The molecule has 0 radical (unpaired) electrons. The monoisotopic (exact) mass is 218 g/mol. The Morgan fingerprint density at radius 2 is 1.94 bits per heavy atom. The molecule has 0 atom stereocenters. The molecule has 2 heterocycles. The van der Waals surface area contributed by atoms with Gasteiger partial charge in [-0.1, -0.05) is 20.8 Å². The van der Waals surface area contributed by atoms with Crippen LogP contribution < -0.4 is 0 Å². The van der Waals surface area contributed by atoms with Gasteiger partial charge in [-0.15, -0.1) is 0 Å². The van der Waals surface area contributed by atoms with Crippen molar-refractivity contribution in [1.29, 1.82) is 0 Å². The second kappa shape index (κ2) is 4.54. The van der Waals surface area contributed by atoms with Crippen molar-refractivity contribution in [1.82, 2.24) is 9.88 Å². The van der Waals surface area contributed by atoms with E-state index in [4.69, 9.17) is 0 Å². The lowest BCUT2D eigenvalue weighted by Gasteiger charge is -2.24. The minimum atomic E-state index is 0.220. The number of pyridine rings is 1. The molecule has 0 N–H and O–H groups in total. The van der Waals surface area contributed by atoms with Crippen LogP contribution in [0.1, 0.15) is 44.7 Å².